The van der Waals surface area contributed by atoms with E-state index in [0.29, 0.717) is 17.2 Å². The quantitative estimate of drug-likeness (QED) is 0.758. The molecule has 0 spiro atoms. The average molecular weight is 238 g/mol. The number of pyridine rings is 1. The van der Waals surface area contributed by atoms with Gasteiger partial charge >= 0.3 is 0 Å². The van der Waals surface area contributed by atoms with Gasteiger partial charge in [0.1, 0.15) is 5.15 Å². The third-order valence-electron chi connectivity index (χ3n) is 3.66. The highest BCUT2D eigenvalue weighted by Crippen LogP contribution is 2.33. The van der Waals surface area contributed by atoms with Gasteiger partial charge in [0.05, 0.1) is 11.9 Å². The molecule has 2 atom stereocenters. The second-order valence-electron chi connectivity index (χ2n) is 4.62. The summed E-state index contributed by atoms with van der Waals surface area (Å²) in [6.45, 7) is 2.23. The van der Waals surface area contributed by atoms with Crippen molar-refractivity contribution in [2.45, 2.75) is 31.3 Å². The van der Waals surface area contributed by atoms with Crippen molar-refractivity contribution in [2.24, 2.45) is 0 Å². The van der Waals surface area contributed by atoms with Gasteiger partial charge in [0, 0.05) is 18.6 Å². The highest BCUT2D eigenvalue weighted by atomic mass is 35.5. The minimum Gasteiger partial charge on any atom is -0.363 e. The van der Waals surface area contributed by atoms with Gasteiger partial charge in [-0.2, -0.15) is 0 Å². The van der Waals surface area contributed by atoms with Crippen LogP contribution >= 0.6 is 11.6 Å². The molecule has 0 aliphatic carbocycles. The Morgan fingerprint density at radius 3 is 2.94 bits per heavy atom. The summed E-state index contributed by atoms with van der Waals surface area (Å²) >= 11 is 5.83. The van der Waals surface area contributed by atoms with Crippen molar-refractivity contribution in [3.05, 3.63) is 23.5 Å². The zero-order valence-electron chi connectivity index (χ0n) is 9.19. The van der Waals surface area contributed by atoms with E-state index in [4.69, 9.17) is 11.6 Å². The molecule has 0 radical (unpaired) electrons. The first kappa shape index (κ1) is 10.4. The summed E-state index contributed by atoms with van der Waals surface area (Å²) in [5, 5.41) is 4.07. The van der Waals surface area contributed by atoms with Gasteiger partial charge in [0.25, 0.3) is 0 Å². The third-order valence-corrected chi connectivity index (χ3v) is 3.89. The van der Waals surface area contributed by atoms with Crippen molar-refractivity contribution < 1.29 is 0 Å². The maximum absolute atomic E-state index is 5.83. The van der Waals surface area contributed by atoms with Crippen LogP contribution in [0.5, 0.6) is 0 Å². The molecule has 1 aromatic heterocycles. The minimum absolute atomic E-state index is 0.573. The molecule has 0 aromatic carbocycles. The summed E-state index contributed by atoms with van der Waals surface area (Å²) < 4.78 is 0. The second kappa shape index (κ2) is 4.22. The molecule has 2 aliphatic heterocycles. The lowest BCUT2D eigenvalue weighted by molar-refractivity contribution is 0.567. The van der Waals surface area contributed by atoms with Crippen molar-refractivity contribution in [2.75, 3.05) is 18.0 Å². The van der Waals surface area contributed by atoms with Gasteiger partial charge in [-0.05, 0) is 37.9 Å². The summed E-state index contributed by atoms with van der Waals surface area (Å²) in [6, 6.07) is 5.29. The Labute approximate surface area is 101 Å². The molecule has 2 saturated heterocycles. The number of rotatable bonds is 1. The molecular weight excluding hydrogens is 222 g/mol. The molecule has 16 heavy (non-hydrogen) atoms. The summed E-state index contributed by atoms with van der Waals surface area (Å²) in [4.78, 5) is 6.72. The number of hydrogen-bond donors (Lipinski definition) is 1. The van der Waals surface area contributed by atoms with Gasteiger partial charge in [-0.25, -0.2) is 4.98 Å². The Balaban J connectivity index is 1.90. The summed E-state index contributed by atoms with van der Waals surface area (Å²) in [6.07, 6.45) is 5.74. The first-order chi connectivity index (χ1) is 7.84. The molecule has 2 bridgehead atoms. The molecule has 0 unspecified atom stereocenters. The first-order valence-electron chi connectivity index (χ1n) is 5.95. The Hall–Kier alpha value is -0.800. The van der Waals surface area contributed by atoms with E-state index in [2.05, 4.69) is 21.3 Å². The first-order valence-corrected chi connectivity index (χ1v) is 6.33. The number of anilines is 1. The van der Waals surface area contributed by atoms with Crippen molar-refractivity contribution in [1.82, 2.24) is 10.3 Å². The average Bonchev–Trinajstić information content (AvgIpc) is 2.53. The molecule has 4 heteroatoms. The smallest absolute Gasteiger partial charge is 0.129 e. The van der Waals surface area contributed by atoms with Crippen LogP contribution in [0, 0.1) is 0 Å². The molecule has 2 aliphatic rings. The largest absolute Gasteiger partial charge is 0.363 e. The minimum atomic E-state index is 0.573. The molecule has 1 aromatic rings. The van der Waals surface area contributed by atoms with E-state index >= 15 is 0 Å². The van der Waals surface area contributed by atoms with E-state index < -0.39 is 0 Å². The number of halogens is 1. The van der Waals surface area contributed by atoms with Crippen LogP contribution in [0.2, 0.25) is 5.15 Å². The van der Waals surface area contributed by atoms with E-state index in [1.165, 1.54) is 24.9 Å². The van der Waals surface area contributed by atoms with Crippen LogP contribution < -0.4 is 10.2 Å². The highest BCUT2D eigenvalue weighted by molar-refractivity contribution is 6.29. The van der Waals surface area contributed by atoms with Gasteiger partial charge in [-0.3, -0.25) is 0 Å². The summed E-state index contributed by atoms with van der Waals surface area (Å²) in [7, 11) is 0. The van der Waals surface area contributed by atoms with E-state index in [-0.39, 0.29) is 0 Å². The van der Waals surface area contributed by atoms with Gasteiger partial charge in [-0.15, -0.1) is 0 Å². The van der Waals surface area contributed by atoms with Crippen LogP contribution in [0.15, 0.2) is 18.3 Å². The van der Waals surface area contributed by atoms with Crippen LogP contribution in [0.4, 0.5) is 5.69 Å². The van der Waals surface area contributed by atoms with E-state index in [9.17, 15) is 0 Å². The molecule has 3 nitrogen and oxygen atoms in total. The Bertz CT molecular complexity index is 351. The van der Waals surface area contributed by atoms with Gasteiger partial charge < -0.3 is 10.2 Å². The monoisotopic (exact) mass is 237 g/mol. The Morgan fingerprint density at radius 1 is 1.25 bits per heavy atom. The van der Waals surface area contributed by atoms with E-state index in [0.717, 1.165) is 13.1 Å². The predicted octanol–water partition coefficient (Wildman–Crippen LogP) is 2.07. The van der Waals surface area contributed by atoms with Crippen LogP contribution in [0.1, 0.15) is 19.3 Å². The van der Waals surface area contributed by atoms with Gasteiger partial charge in [0.15, 0.2) is 0 Å². The fourth-order valence-electron chi connectivity index (χ4n) is 2.92. The standard InChI is InChI=1S/C12H16ClN3/c13-12-4-3-11(8-15-12)16-9-1-2-10(16)7-14-6-5-9/h3-4,8-10,14H,1-2,5-7H2/t9-,10+/m0/s1. The lowest BCUT2D eigenvalue weighted by Gasteiger charge is -2.29. The zero-order valence-corrected chi connectivity index (χ0v) is 9.95. The third kappa shape index (κ3) is 1.78. The SMILES string of the molecule is Clc1ccc(N2[C@@H]3CCNC[C@H]2CC3)cn1. The van der Waals surface area contributed by atoms with Crippen molar-refractivity contribution in [3.8, 4) is 0 Å². The van der Waals surface area contributed by atoms with Crippen molar-refractivity contribution in [3.63, 3.8) is 0 Å². The predicted molar refractivity (Wildman–Crippen MR) is 66.0 cm³/mol. The molecule has 0 saturated carbocycles. The normalized spacial score (nSPS) is 29.2. The Morgan fingerprint density at radius 2 is 2.12 bits per heavy atom. The molecule has 1 N–H and O–H groups in total. The van der Waals surface area contributed by atoms with Crippen LogP contribution in [0.3, 0.4) is 0 Å². The molecule has 86 valence electrons. The summed E-state index contributed by atoms with van der Waals surface area (Å²) in [5.74, 6) is 0. The van der Waals surface area contributed by atoms with Crippen molar-refractivity contribution in [1.29, 1.82) is 0 Å². The van der Waals surface area contributed by atoms with Gasteiger partial charge in [0.2, 0.25) is 0 Å². The maximum Gasteiger partial charge on any atom is 0.129 e. The summed E-state index contributed by atoms with van der Waals surface area (Å²) in [5.41, 5.74) is 1.22. The molecule has 3 heterocycles. The number of hydrogen-bond acceptors (Lipinski definition) is 3. The Kier molecular flexibility index (Phi) is 2.74. The van der Waals surface area contributed by atoms with Crippen LogP contribution in [-0.2, 0) is 0 Å². The molecule has 0 amide bonds. The van der Waals surface area contributed by atoms with Crippen molar-refractivity contribution >= 4 is 17.3 Å². The highest BCUT2D eigenvalue weighted by Gasteiger charge is 2.34. The molecule has 3 rings (SSSR count). The topological polar surface area (TPSA) is 28.2 Å². The maximum atomic E-state index is 5.83. The van der Waals surface area contributed by atoms with E-state index in [1.807, 2.05) is 12.3 Å². The number of fused-ring (bicyclic) bond motifs is 2. The molecule has 2 fully saturated rings. The van der Waals surface area contributed by atoms with Crippen LogP contribution in [-0.4, -0.2) is 30.2 Å². The second-order valence-corrected chi connectivity index (χ2v) is 5.01. The molecular formula is C12H16ClN3. The fourth-order valence-corrected chi connectivity index (χ4v) is 3.04. The zero-order chi connectivity index (χ0) is 11.0. The van der Waals surface area contributed by atoms with Crippen LogP contribution in [0.25, 0.3) is 0 Å². The lowest BCUT2D eigenvalue weighted by Crippen LogP contribution is -2.38. The van der Waals surface area contributed by atoms with E-state index in [1.54, 1.807) is 0 Å². The lowest BCUT2D eigenvalue weighted by atomic mass is 10.1. The van der Waals surface area contributed by atoms with Gasteiger partial charge in [-0.1, -0.05) is 11.6 Å². The fraction of sp³-hybridized carbons (Fsp3) is 0.583. The number of nitrogens with zero attached hydrogens (tertiary/aromatic N) is 2. The number of aromatic nitrogens is 1. The number of nitrogens with one attached hydrogen (secondary N) is 1.